The predicted octanol–water partition coefficient (Wildman–Crippen LogP) is -0.125. The second-order valence-corrected chi connectivity index (χ2v) is 3.34. The number of hydrogen-bond acceptors (Lipinski definition) is 1. The Bertz CT molecular complexity index is 113. The first-order valence-corrected chi connectivity index (χ1v) is 3.49. The Morgan fingerprint density at radius 2 is 2.38 bits per heavy atom. The average molecular weight is 109 g/mol. The summed E-state index contributed by atoms with van der Waals surface area (Å²) in [6.45, 7) is 3.71. The van der Waals surface area contributed by atoms with Crippen LogP contribution in [-0.2, 0) is 0 Å². The maximum Gasteiger partial charge on any atom is 0.185 e. The minimum atomic E-state index is 0.889. The Labute approximate surface area is 51.5 Å². The van der Waals surface area contributed by atoms with Crippen LogP contribution in [0.4, 0.5) is 0 Å². The van der Waals surface area contributed by atoms with Crippen LogP contribution in [0.25, 0.3) is 0 Å². The number of nitrogens with zero attached hydrogens (tertiary/aromatic N) is 1. The van der Waals surface area contributed by atoms with E-state index in [4.69, 9.17) is 0 Å². The fraction of sp³-hybridized carbons (Fsp3) is 1.00. The van der Waals surface area contributed by atoms with Crippen molar-refractivity contribution in [2.45, 2.75) is 19.4 Å². The molecule has 1 nitrogen and oxygen atoms in total. The lowest BCUT2D eigenvalue weighted by molar-refractivity contribution is 0.391. The predicted molar refractivity (Wildman–Crippen MR) is 36.3 cm³/mol. The van der Waals surface area contributed by atoms with Crippen LogP contribution >= 0.6 is 0 Å². The average Bonchev–Trinajstić information content (AvgIpc) is 2.39. The summed E-state index contributed by atoms with van der Waals surface area (Å²) in [5.41, 5.74) is 0. The molecule has 0 aromatic carbocycles. The molecule has 0 aromatic rings. The zero-order chi connectivity index (χ0) is 5.72. The molecule has 2 rings (SSSR count). The van der Waals surface area contributed by atoms with Gasteiger partial charge in [-0.05, 0) is 30.8 Å². The lowest BCUT2D eigenvalue weighted by Crippen LogP contribution is -2.27. The van der Waals surface area contributed by atoms with Gasteiger partial charge in [-0.1, -0.05) is 6.92 Å². The van der Waals surface area contributed by atoms with Crippen molar-refractivity contribution in [1.82, 2.24) is 4.81 Å². The van der Waals surface area contributed by atoms with Gasteiger partial charge in [-0.15, -0.1) is 0 Å². The Kier molecular flexibility index (Phi) is 0.788. The molecule has 2 fully saturated rings. The van der Waals surface area contributed by atoms with Crippen LogP contribution in [0.2, 0.25) is 0 Å². The van der Waals surface area contributed by atoms with Gasteiger partial charge in [0.1, 0.15) is 0 Å². The van der Waals surface area contributed by atoms with Crippen LogP contribution in [0.5, 0.6) is 0 Å². The van der Waals surface area contributed by atoms with Crippen molar-refractivity contribution in [3.63, 3.8) is 0 Å². The van der Waals surface area contributed by atoms with E-state index in [1.54, 1.807) is 0 Å². The van der Waals surface area contributed by atoms with E-state index < -0.39 is 0 Å². The van der Waals surface area contributed by atoms with Crippen LogP contribution in [0.1, 0.15) is 13.3 Å². The highest BCUT2D eigenvalue weighted by atomic mass is 15.1. The topological polar surface area (TPSA) is 3.24 Å². The number of hydrogen-bond donors (Lipinski definition) is 0. The smallest absolute Gasteiger partial charge is 0.185 e. The Balaban J connectivity index is 2.08. The largest absolute Gasteiger partial charge is 0.346 e. The molecular formula is C6H12BN. The van der Waals surface area contributed by atoms with Gasteiger partial charge in [-0.3, -0.25) is 0 Å². The van der Waals surface area contributed by atoms with E-state index in [-0.39, 0.29) is 0 Å². The van der Waals surface area contributed by atoms with Crippen molar-refractivity contribution in [3.05, 3.63) is 0 Å². The van der Waals surface area contributed by atoms with Crippen LogP contribution in [0.3, 0.4) is 0 Å². The summed E-state index contributed by atoms with van der Waals surface area (Å²) in [7, 11) is 2.23. The molecule has 2 aliphatic rings. The van der Waals surface area contributed by atoms with E-state index in [0.717, 1.165) is 17.9 Å². The maximum absolute atomic E-state index is 2.47. The second-order valence-electron chi connectivity index (χ2n) is 3.34. The molecule has 0 bridgehead atoms. The lowest BCUT2D eigenvalue weighted by Gasteiger charge is -2.17. The van der Waals surface area contributed by atoms with Crippen molar-refractivity contribution in [3.8, 4) is 0 Å². The summed E-state index contributed by atoms with van der Waals surface area (Å²) in [6, 6.07) is 0.889. The van der Waals surface area contributed by atoms with Gasteiger partial charge in [-0.25, -0.2) is 0 Å². The van der Waals surface area contributed by atoms with Crippen molar-refractivity contribution in [2.24, 2.45) is 11.8 Å². The molecule has 3 unspecified atom stereocenters. The lowest BCUT2D eigenvalue weighted by atomic mass is 10.2. The van der Waals surface area contributed by atoms with Crippen molar-refractivity contribution >= 4 is 7.98 Å². The SMILES string of the molecule is BN1CC2CC2C1C. The molecule has 1 aliphatic heterocycles. The molecule has 2 heteroatoms. The quantitative estimate of drug-likeness (QED) is 0.392. The standard InChI is InChI=1S/C6H12BN/c1-4-6-2-5(6)3-8(4)7/h4-6H,2-3,7H2,1H3. The molecule has 8 heavy (non-hydrogen) atoms. The molecule has 0 aromatic heterocycles. The highest BCUT2D eigenvalue weighted by Gasteiger charge is 2.48. The second kappa shape index (κ2) is 1.30. The van der Waals surface area contributed by atoms with Crippen LogP contribution in [0, 0.1) is 11.8 Å². The van der Waals surface area contributed by atoms with E-state index in [1.807, 2.05) is 0 Å². The molecule has 0 spiro atoms. The van der Waals surface area contributed by atoms with Gasteiger partial charge in [0.25, 0.3) is 0 Å². The molecule has 3 atom stereocenters. The molecule has 1 saturated heterocycles. The van der Waals surface area contributed by atoms with E-state index in [1.165, 1.54) is 13.0 Å². The molecular weight excluding hydrogens is 96.9 g/mol. The fourth-order valence-corrected chi connectivity index (χ4v) is 1.93. The zero-order valence-corrected chi connectivity index (χ0v) is 5.59. The van der Waals surface area contributed by atoms with E-state index in [0.29, 0.717) is 0 Å². The summed E-state index contributed by atoms with van der Waals surface area (Å²) in [4.78, 5) is 2.47. The van der Waals surface area contributed by atoms with Gasteiger partial charge in [-0.2, -0.15) is 0 Å². The third kappa shape index (κ3) is 0.468. The van der Waals surface area contributed by atoms with Crippen LogP contribution < -0.4 is 0 Å². The third-order valence-corrected chi connectivity index (χ3v) is 2.81. The summed E-state index contributed by atoms with van der Waals surface area (Å²) in [5, 5.41) is 0. The Morgan fingerprint density at radius 1 is 1.62 bits per heavy atom. The van der Waals surface area contributed by atoms with E-state index in [2.05, 4.69) is 19.7 Å². The van der Waals surface area contributed by atoms with E-state index >= 15 is 0 Å². The van der Waals surface area contributed by atoms with E-state index in [9.17, 15) is 0 Å². The number of fused-ring (bicyclic) bond motifs is 1. The fourth-order valence-electron chi connectivity index (χ4n) is 1.93. The van der Waals surface area contributed by atoms with Gasteiger partial charge in [0.2, 0.25) is 0 Å². The van der Waals surface area contributed by atoms with Crippen molar-refractivity contribution in [1.29, 1.82) is 0 Å². The maximum atomic E-state index is 2.47. The highest BCUT2D eigenvalue weighted by molar-refractivity contribution is 6.04. The summed E-state index contributed by atoms with van der Waals surface area (Å²) in [6.07, 6.45) is 1.52. The minimum absolute atomic E-state index is 0.889. The van der Waals surface area contributed by atoms with Crippen molar-refractivity contribution < 1.29 is 0 Å². The van der Waals surface area contributed by atoms with Gasteiger partial charge < -0.3 is 4.81 Å². The molecule has 0 N–H and O–H groups in total. The first-order chi connectivity index (χ1) is 3.79. The molecule has 0 radical (unpaired) electrons. The summed E-state index contributed by atoms with van der Waals surface area (Å²) >= 11 is 0. The summed E-state index contributed by atoms with van der Waals surface area (Å²) < 4.78 is 0. The Morgan fingerprint density at radius 3 is 2.62 bits per heavy atom. The zero-order valence-electron chi connectivity index (χ0n) is 5.59. The first-order valence-electron chi connectivity index (χ1n) is 3.49. The normalized spacial score (nSPS) is 53.9. The van der Waals surface area contributed by atoms with Crippen molar-refractivity contribution in [2.75, 3.05) is 6.54 Å². The highest BCUT2D eigenvalue weighted by Crippen LogP contribution is 2.48. The first kappa shape index (κ1) is 4.86. The monoisotopic (exact) mass is 109 g/mol. The minimum Gasteiger partial charge on any atom is -0.346 e. The molecule has 1 saturated carbocycles. The molecule has 1 aliphatic carbocycles. The van der Waals surface area contributed by atoms with Gasteiger partial charge >= 0.3 is 0 Å². The van der Waals surface area contributed by atoms with Gasteiger partial charge in [0.15, 0.2) is 7.98 Å². The van der Waals surface area contributed by atoms with Gasteiger partial charge in [0.05, 0.1) is 0 Å². The molecule has 1 heterocycles. The summed E-state index contributed by atoms with van der Waals surface area (Å²) in [5.74, 6) is 2.18. The number of piperidine rings is 1. The number of rotatable bonds is 0. The van der Waals surface area contributed by atoms with Gasteiger partial charge in [0, 0.05) is 0 Å². The van der Waals surface area contributed by atoms with Crippen LogP contribution in [-0.4, -0.2) is 25.4 Å². The van der Waals surface area contributed by atoms with Crippen LogP contribution in [0.15, 0.2) is 0 Å². The molecule has 0 amide bonds. The Hall–Kier alpha value is 0.0249. The molecule has 44 valence electrons. The third-order valence-electron chi connectivity index (χ3n) is 2.81.